The zero-order valence-corrected chi connectivity index (χ0v) is 17.9. The lowest BCUT2D eigenvalue weighted by atomic mass is 10.1. The molecule has 1 N–H and O–H groups in total. The van der Waals surface area contributed by atoms with Gasteiger partial charge in [0.1, 0.15) is 12.4 Å². The second-order valence-electron chi connectivity index (χ2n) is 6.97. The van der Waals surface area contributed by atoms with Crippen molar-refractivity contribution >= 4 is 39.6 Å². The van der Waals surface area contributed by atoms with E-state index in [0.29, 0.717) is 23.1 Å². The highest BCUT2D eigenvalue weighted by atomic mass is 35.5. The molecule has 4 rings (SSSR count). The fraction of sp³-hybridized carbons (Fsp3) is 0.0800. The van der Waals surface area contributed by atoms with Crippen LogP contribution in [0.15, 0.2) is 77.6 Å². The van der Waals surface area contributed by atoms with Crippen molar-refractivity contribution in [2.24, 2.45) is 0 Å². The number of aromatic amines is 1. The standard InChI is InChI=1S/C25H19ClN2O4/c1-31-25(30)18-9-12-20-22(14-18)27-23(28-24(20)29)21(26)13-16-7-10-19(11-8-16)32-15-17-5-3-2-4-6-17/h2-14H,15H2,1H3,(H,27,28,29)/b21-13-. The zero-order valence-electron chi connectivity index (χ0n) is 17.2. The lowest BCUT2D eigenvalue weighted by Gasteiger charge is -2.07. The number of nitrogens with zero attached hydrogens (tertiary/aromatic N) is 1. The summed E-state index contributed by atoms with van der Waals surface area (Å²) in [5.41, 5.74) is 2.20. The smallest absolute Gasteiger partial charge is 0.337 e. The molecule has 0 saturated heterocycles. The van der Waals surface area contributed by atoms with E-state index < -0.39 is 5.97 Å². The summed E-state index contributed by atoms with van der Waals surface area (Å²) in [5, 5.41) is 0.608. The van der Waals surface area contributed by atoms with E-state index in [2.05, 4.69) is 9.97 Å². The Bertz CT molecular complexity index is 1350. The number of nitrogens with one attached hydrogen (secondary N) is 1. The minimum atomic E-state index is -0.508. The molecule has 1 heterocycles. The summed E-state index contributed by atoms with van der Waals surface area (Å²) in [6, 6.07) is 21.9. The second-order valence-corrected chi connectivity index (χ2v) is 7.38. The van der Waals surface area contributed by atoms with Gasteiger partial charge in [-0.1, -0.05) is 54.1 Å². The highest BCUT2D eigenvalue weighted by Crippen LogP contribution is 2.22. The van der Waals surface area contributed by atoms with Crippen LogP contribution in [0, 0.1) is 0 Å². The first-order valence-electron chi connectivity index (χ1n) is 9.80. The van der Waals surface area contributed by atoms with Gasteiger partial charge in [0, 0.05) is 0 Å². The molecule has 0 fully saturated rings. The lowest BCUT2D eigenvalue weighted by Crippen LogP contribution is -2.11. The summed E-state index contributed by atoms with van der Waals surface area (Å²) in [7, 11) is 1.29. The molecule has 0 atom stereocenters. The Morgan fingerprint density at radius 3 is 2.53 bits per heavy atom. The normalized spacial score (nSPS) is 11.4. The average Bonchev–Trinajstić information content (AvgIpc) is 2.83. The second kappa shape index (κ2) is 9.49. The summed E-state index contributed by atoms with van der Waals surface area (Å²) < 4.78 is 10.5. The van der Waals surface area contributed by atoms with Crippen LogP contribution in [-0.2, 0) is 11.3 Å². The molecular weight excluding hydrogens is 428 g/mol. The molecule has 0 bridgehead atoms. The van der Waals surface area contributed by atoms with Crippen LogP contribution in [0.5, 0.6) is 5.75 Å². The molecule has 32 heavy (non-hydrogen) atoms. The van der Waals surface area contributed by atoms with Gasteiger partial charge in [0.15, 0.2) is 5.82 Å². The minimum Gasteiger partial charge on any atom is -0.489 e. The van der Waals surface area contributed by atoms with E-state index in [1.807, 2.05) is 54.6 Å². The minimum absolute atomic E-state index is 0.204. The number of carbonyl (C=O) groups excluding carboxylic acids is 1. The number of methoxy groups -OCH3 is 1. The molecule has 0 aliphatic rings. The molecule has 160 valence electrons. The zero-order chi connectivity index (χ0) is 22.5. The topological polar surface area (TPSA) is 81.3 Å². The van der Waals surface area contributed by atoms with Crippen LogP contribution in [0.1, 0.15) is 27.3 Å². The highest BCUT2D eigenvalue weighted by Gasteiger charge is 2.11. The van der Waals surface area contributed by atoms with Gasteiger partial charge in [-0.15, -0.1) is 0 Å². The molecule has 0 saturated carbocycles. The van der Waals surface area contributed by atoms with Crippen molar-refractivity contribution in [3.8, 4) is 5.75 Å². The van der Waals surface area contributed by atoms with E-state index in [4.69, 9.17) is 21.1 Å². The van der Waals surface area contributed by atoms with Crippen molar-refractivity contribution in [1.29, 1.82) is 0 Å². The summed E-state index contributed by atoms with van der Waals surface area (Å²) in [6.45, 7) is 0.479. The third kappa shape index (κ3) is 4.87. The molecule has 1 aromatic heterocycles. The summed E-state index contributed by atoms with van der Waals surface area (Å²) in [4.78, 5) is 31.3. The lowest BCUT2D eigenvalue weighted by molar-refractivity contribution is 0.0601. The van der Waals surface area contributed by atoms with Gasteiger partial charge in [-0.25, -0.2) is 9.78 Å². The van der Waals surface area contributed by atoms with Crippen molar-refractivity contribution in [1.82, 2.24) is 9.97 Å². The number of carbonyl (C=O) groups is 1. The van der Waals surface area contributed by atoms with Crippen LogP contribution in [0.2, 0.25) is 0 Å². The summed E-state index contributed by atoms with van der Waals surface area (Å²) in [6.07, 6.45) is 1.69. The Balaban J connectivity index is 1.55. The van der Waals surface area contributed by atoms with Crippen LogP contribution in [0.3, 0.4) is 0 Å². The average molecular weight is 447 g/mol. The van der Waals surface area contributed by atoms with Crippen LogP contribution in [-0.4, -0.2) is 23.0 Å². The maximum Gasteiger partial charge on any atom is 0.337 e. The van der Waals surface area contributed by atoms with E-state index in [1.54, 1.807) is 6.08 Å². The van der Waals surface area contributed by atoms with Crippen LogP contribution >= 0.6 is 11.6 Å². The molecule has 0 aliphatic heterocycles. The Kier molecular flexibility index (Phi) is 6.33. The van der Waals surface area contributed by atoms with Gasteiger partial charge in [0.2, 0.25) is 0 Å². The van der Waals surface area contributed by atoms with Crippen LogP contribution in [0.4, 0.5) is 0 Å². The van der Waals surface area contributed by atoms with Crippen molar-refractivity contribution in [3.05, 3.63) is 106 Å². The number of H-pyrrole nitrogens is 1. The van der Waals surface area contributed by atoms with Crippen molar-refractivity contribution in [2.45, 2.75) is 6.61 Å². The van der Waals surface area contributed by atoms with Gasteiger partial charge in [-0.3, -0.25) is 4.79 Å². The summed E-state index contributed by atoms with van der Waals surface area (Å²) >= 11 is 6.43. The maximum atomic E-state index is 12.4. The first-order chi connectivity index (χ1) is 15.5. The molecule has 0 aliphatic carbocycles. The number of hydrogen-bond acceptors (Lipinski definition) is 5. The number of benzene rings is 3. The quantitative estimate of drug-likeness (QED) is 0.420. The Labute approximate surface area is 189 Å². The Morgan fingerprint density at radius 2 is 1.81 bits per heavy atom. The van der Waals surface area contributed by atoms with Crippen molar-refractivity contribution < 1.29 is 14.3 Å². The van der Waals surface area contributed by atoms with Crippen molar-refractivity contribution in [3.63, 3.8) is 0 Å². The molecule has 3 aromatic carbocycles. The first kappa shape index (κ1) is 21.3. The molecule has 6 nitrogen and oxygen atoms in total. The molecule has 0 unspecified atom stereocenters. The van der Waals surface area contributed by atoms with Gasteiger partial charge in [-0.2, -0.15) is 0 Å². The molecule has 0 spiro atoms. The van der Waals surface area contributed by atoms with Crippen LogP contribution < -0.4 is 10.3 Å². The van der Waals surface area contributed by atoms with Gasteiger partial charge in [0.05, 0.1) is 28.6 Å². The number of hydrogen-bond donors (Lipinski definition) is 1. The monoisotopic (exact) mass is 446 g/mol. The highest BCUT2D eigenvalue weighted by molar-refractivity contribution is 6.50. The van der Waals surface area contributed by atoms with Crippen molar-refractivity contribution in [2.75, 3.05) is 7.11 Å². The maximum absolute atomic E-state index is 12.4. The fourth-order valence-corrected chi connectivity index (χ4v) is 3.33. The third-order valence-electron chi connectivity index (χ3n) is 4.78. The number of rotatable bonds is 6. The first-order valence-corrected chi connectivity index (χ1v) is 10.2. The van der Waals surface area contributed by atoms with E-state index in [1.165, 1.54) is 25.3 Å². The number of fused-ring (bicyclic) bond motifs is 1. The van der Waals surface area contributed by atoms with Crippen LogP contribution in [0.25, 0.3) is 22.0 Å². The van der Waals surface area contributed by atoms with E-state index in [-0.39, 0.29) is 16.4 Å². The fourth-order valence-electron chi connectivity index (χ4n) is 3.11. The SMILES string of the molecule is COC(=O)c1ccc2c(=O)[nH]c(/C(Cl)=C/c3ccc(OCc4ccccc4)cc3)nc2c1. The number of aromatic nitrogens is 2. The molecule has 0 radical (unpaired) electrons. The van der Waals surface area contributed by atoms with E-state index >= 15 is 0 Å². The Morgan fingerprint density at radius 1 is 1.06 bits per heavy atom. The van der Waals surface area contributed by atoms with Gasteiger partial charge in [0.25, 0.3) is 5.56 Å². The third-order valence-corrected chi connectivity index (χ3v) is 5.06. The van der Waals surface area contributed by atoms with Gasteiger partial charge < -0.3 is 14.5 Å². The number of ether oxygens (including phenoxy) is 2. The number of esters is 1. The predicted octanol–water partition coefficient (Wildman–Crippen LogP) is 5.03. The molecule has 0 amide bonds. The molecule has 7 heteroatoms. The summed E-state index contributed by atoms with van der Waals surface area (Å²) in [5.74, 6) is 0.428. The molecular formula is C25H19ClN2O4. The number of halogens is 1. The van der Waals surface area contributed by atoms with Gasteiger partial charge >= 0.3 is 5.97 Å². The largest absolute Gasteiger partial charge is 0.489 e. The molecule has 4 aromatic rings. The predicted molar refractivity (Wildman–Crippen MR) is 125 cm³/mol. The van der Waals surface area contributed by atoms with E-state index in [0.717, 1.165) is 16.9 Å². The Hall–Kier alpha value is -3.90. The van der Waals surface area contributed by atoms with Gasteiger partial charge in [-0.05, 0) is 47.5 Å². The van der Waals surface area contributed by atoms with E-state index in [9.17, 15) is 9.59 Å².